The van der Waals surface area contributed by atoms with Crippen molar-refractivity contribution < 1.29 is 15.3 Å². The van der Waals surface area contributed by atoms with Crippen LogP contribution >= 0.6 is 0 Å². The van der Waals surface area contributed by atoms with Crippen LogP contribution in [0.25, 0.3) is 0 Å². The molecule has 4 heteroatoms. The Morgan fingerprint density at radius 1 is 1.33 bits per heavy atom. The van der Waals surface area contributed by atoms with Gasteiger partial charge in [-0.3, -0.25) is 0 Å². The molecule has 2 rings (SSSR count). The molecule has 0 radical (unpaired) electrons. The molecule has 1 aliphatic carbocycles. The molecule has 0 saturated heterocycles. The highest BCUT2D eigenvalue weighted by molar-refractivity contribution is 5.38. The Kier molecular flexibility index (Phi) is 3.90. The van der Waals surface area contributed by atoms with Crippen LogP contribution in [0.4, 0.5) is 0 Å². The average Bonchev–Trinajstić information content (AvgIpc) is 2.39. The van der Waals surface area contributed by atoms with Crippen LogP contribution in [0, 0.1) is 0 Å². The van der Waals surface area contributed by atoms with Crippen LogP contribution < -0.4 is 5.32 Å². The molecule has 1 atom stereocenters. The lowest BCUT2D eigenvalue weighted by Crippen LogP contribution is -2.51. The second kappa shape index (κ2) is 5.26. The van der Waals surface area contributed by atoms with Gasteiger partial charge in [-0.2, -0.15) is 0 Å². The third-order valence-corrected chi connectivity index (χ3v) is 3.66. The zero-order valence-corrected chi connectivity index (χ0v) is 10.7. The molecule has 0 amide bonds. The Morgan fingerprint density at radius 2 is 2.06 bits per heavy atom. The zero-order valence-electron chi connectivity index (χ0n) is 10.7. The quantitative estimate of drug-likeness (QED) is 0.646. The number of hydrogen-bond donors (Lipinski definition) is 4. The first-order valence-corrected chi connectivity index (χ1v) is 6.39. The van der Waals surface area contributed by atoms with E-state index in [1.807, 2.05) is 6.07 Å². The van der Waals surface area contributed by atoms with Crippen molar-refractivity contribution in [2.75, 3.05) is 13.2 Å². The van der Waals surface area contributed by atoms with E-state index in [1.54, 1.807) is 19.1 Å². The molecule has 1 aliphatic rings. The van der Waals surface area contributed by atoms with Gasteiger partial charge in [0.05, 0.1) is 18.8 Å². The molecule has 4 nitrogen and oxygen atoms in total. The van der Waals surface area contributed by atoms with Crippen LogP contribution in [0.3, 0.4) is 0 Å². The number of phenolic OH excluding ortho intramolecular Hbond substituents is 1. The van der Waals surface area contributed by atoms with Crippen molar-refractivity contribution in [1.82, 2.24) is 5.32 Å². The summed E-state index contributed by atoms with van der Waals surface area (Å²) in [6, 6.07) is 5.51. The van der Waals surface area contributed by atoms with Gasteiger partial charge in [0.25, 0.3) is 0 Å². The maximum atomic E-state index is 9.59. The van der Waals surface area contributed by atoms with Crippen LogP contribution in [0.5, 0.6) is 5.75 Å². The van der Waals surface area contributed by atoms with Crippen molar-refractivity contribution >= 4 is 0 Å². The number of aromatic hydroxyl groups is 1. The summed E-state index contributed by atoms with van der Waals surface area (Å²) in [5.41, 5.74) is 1.62. The Bertz CT molecular complexity index is 416. The van der Waals surface area contributed by atoms with Gasteiger partial charge >= 0.3 is 0 Å². The Morgan fingerprint density at radius 3 is 2.72 bits per heavy atom. The van der Waals surface area contributed by atoms with Crippen LogP contribution in [-0.2, 0) is 6.42 Å². The molecule has 0 aliphatic heterocycles. The fourth-order valence-corrected chi connectivity index (χ4v) is 2.50. The van der Waals surface area contributed by atoms with Gasteiger partial charge in [-0.15, -0.1) is 0 Å². The van der Waals surface area contributed by atoms with Gasteiger partial charge < -0.3 is 20.6 Å². The molecule has 0 bridgehead atoms. The summed E-state index contributed by atoms with van der Waals surface area (Å²) in [6.45, 7) is 1.56. The molecule has 0 heterocycles. The fourth-order valence-electron chi connectivity index (χ4n) is 2.50. The van der Waals surface area contributed by atoms with Gasteiger partial charge in [0.1, 0.15) is 5.75 Å². The number of benzene rings is 1. The van der Waals surface area contributed by atoms with Gasteiger partial charge in [-0.1, -0.05) is 6.07 Å². The lowest BCUT2D eigenvalue weighted by atomic mass is 9.86. The van der Waals surface area contributed by atoms with E-state index < -0.39 is 5.54 Å². The first-order chi connectivity index (χ1) is 8.58. The van der Waals surface area contributed by atoms with Crippen LogP contribution in [0.15, 0.2) is 18.2 Å². The van der Waals surface area contributed by atoms with Gasteiger partial charge in [0.15, 0.2) is 0 Å². The van der Waals surface area contributed by atoms with E-state index in [0.717, 1.165) is 24.8 Å². The number of aryl methyl sites for hydroxylation is 1. The molecule has 4 N–H and O–H groups in total. The third kappa shape index (κ3) is 2.66. The highest BCUT2D eigenvalue weighted by Gasteiger charge is 2.29. The molecular formula is C14H21NO3. The second-order valence-corrected chi connectivity index (χ2v) is 5.35. The lowest BCUT2D eigenvalue weighted by molar-refractivity contribution is 0.0914. The SMILES string of the molecule is CC(CO)(CO)NC1CCCc2ccc(O)cc21. The molecule has 0 saturated carbocycles. The first-order valence-electron chi connectivity index (χ1n) is 6.39. The van der Waals surface area contributed by atoms with E-state index >= 15 is 0 Å². The van der Waals surface area contributed by atoms with Gasteiger partial charge in [0, 0.05) is 6.04 Å². The minimum atomic E-state index is -0.690. The summed E-state index contributed by atoms with van der Waals surface area (Å²) < 4.78 is 0. The maximum Gasteiger partial charge on any atom is 0.115 e. The number of phenols is 1. The Hall–Kier alpha value is -1.10. The summed E-state index contributed by atoms with van der Waals surface area (Å²) in [5.74, 6) is 0.261. The number of rotatable bonds is 4. The van der Waals surface area contributed by atoms with Crippen LogP contribution in [0.2, 0.25) is 0 Å². The topological polar surface area (TPSA) is 72.7 Å². The summed E-state index contributed by atoms with van der Waals surface area (Å²) >= 11 is 0. The summed E-state index contributed by atoms with van der Waals surface area (Å²) in [6.07, 6.45) is 3.04. The Labute approximate surface area is 107 Å². The first kappa shape index (κ1) is 13.3. The number of nitrogens with one attached hydrogen (secondary N) is 1. The number of aliphatic hydroxyl groups is 2. The summed E-state index contributed by atoms with van der Waals surface area (Å²) in [4.78, 5) is 0. The predicted molar refractivity (Wildman–Crippen MR) is 69.5 cm³/mol. The number of hydrogen-bond acceptors (Lipinski definition) is 4. The second-order valence-electron chi connectivity index (χ2n) is 5.35. The standard InChI is InChI=1S/C14H21NO3/c1-14(8-16,9-17)15-13-4-2-3-10-5-6-11(18)7-12(10)13/h5-7,13,15-18H,2-4,8-9H2,1H3. The molecule has 0 aromatic heterocycles. The summed E-state index contributed by atoms with van der Waals surface area (Å²) in [7, 11) is 0. The molecule has 100 valence electrons. The highest BCUT2D eigenvalue weighted by atomic mass is 16.3. The zero-order chi connectivity index (χ0) is 13.2. The number of fused-ring (bicyclic) bond motifs is 1. The van der Waals surface area contributed by atoms with E-state index in [4.69, 9.17) is 0 Å². The lowest BCUT2D eigenvalue weighted by Gasteiger charge is -2.35. The highest BCUT2D eigenvalue weighted by Crippen LogP contribution is 2.33. The molecule has 1 unspecified atom stereocenters. The van der Waals surface area contributed by atoms with Crippen molar-refractivity contribution in [2.45, 2.75) is 37.8 Å². The van der Waals surface area contributed by atoms with E-state index in [0.29, 0.717) is 0 Å². The van der Waals surface area contributed by atoms with Crippen molar-refractivity contribution in [1.29, 1.82) is 0 Å². The van der Waals surface area contributed by atoms with E-state index in [2.05, 4.69) is 5.32 Å². The molecule has 18 heavy (non-hydrogen) atoms. The van der Waals surface area contributed by atoms with Crippen LogP contribution in [-0.4, -0.2) is 34.1 Å². The molecule has 0 fully saturated rings. The van der Waals surface area contributed by atoms with Crippen molar-refractivity contribution in [3.05, 3.63) is 29.3 Å². The minimum Gasteiger partial charge on any atom is -0.508 e. The summed E-state index contributed by atoms with van der Waals surface area (Å²) in [5, 5.41) is 31.6. The molecule has 1 aromatic rings. The van der Waals surface area contributed by atoms with E-state index in [-0.39, 0.29) is 25.0 Å². The fraction of sp³-hybridized carbons (Fsp3) is 0.571. The third-order valence-electron chi connectivity index (χ3n) is 3.66. The maximum absolute atomic E-state index is 9.59. The molecular weight excluding hydrogens is 230 g/mol. The van der Waals surface area contributed by atoms with Crippen LogP contribution in [0.1, 0.15) is 36.9 Å². The normalized spacial score (nSPS) is 19.6. The molecule has 1 aromatic carbocycles. The average molecular weight is 251 g/mol. The van der Waals surface area contributed by atoms with Gasteiger partial charge in [-0.05, 0) is 49.4 Å². The smallest absolute Gasteiger partial charge is 0.115 e. The molecule has 0 spiro atoms. The monoisotopic (exact) mass is 251 g/mol. The van der Waals surface area contributed by atoms with Gasteiger partial charge in [-0.25, -0.2) is 0 Å². The van der Waals surface area contributed by atoms with Crippen molar-refractivity contribution in [2.24, 2.45) is 0 Å². The predicted octanol–water partition coefficient (Wildman–Crippen LogP) is 1.10. The van der Waals surface area contributed by atoms with Crippen molar-refractivity contribution in [3.63, 3.8) is 0 Å². The largest absolute Gasteiger partial charge is 0.508 e. The van der Waals surface area contributed by atoms with Gasteiger partial charge in [0.2, 0.25) is 0 Å². The van der Waals surface area contributed by atoms with E-state index in [9.17, 15) is 15.3 Å². The van der Waals surface area contributed by atoms with Crippen molar-refractivity contribution in [3.8, 4) is 5.75 Å². The Balaban J connectivity index is 2.24. The minimum absolute atomic E-state index is 0.0742. The van der Waals surface area contributed by atoms with E-state index in [1.165, 1.54) is 5.56 Å². The number of aliphatic hydroxyl groups excluding tert-OH is 2.